The van der Waals surface area contributed by atoms with E-state index in [1.54, 1.807) is 23.1 Å². The van der Waals surface area contributed by atoms with Crippen molar-refractivity contribution in [3.05, 3.63) is 70.6 Å². The van der Waals surface area contributed by atoms with Gasteiger partial charge in [0.05, 0.1) is 6.61 Å². The fourth-order valence-corrected chi connectivity index (χ4v) is 4.28. The van der Waals surface area contributed by atoms with Crippen LogP contribution in [-0.4, -0.2) is 34.4 Å². The first-order chi connectivity index (χ1) is 14.1. The zero-order valence-electron chi connectivity index (χ0n) is 16.1. The van der Waals surface area contributed by atoms with Crippen molar-refractivity contribution in [3.63, 3.8) is 0 Å². The lowest BCUT2D eigenvalue weighted by Crippen LogP contribution is -2.39. The van der Waals surface area contributed by atoms with Crippen LogP contribution in [0.1, 0.15) is 24.2 Å². The van der Waals surface area contributed by atoms with Crippen LogP contribution in [0.4, 0.5) is 5.69 Å². The van der Waals surface area contributed by atoms with Crippen molar-refractivity contribution >= 4 is 39.5 Å². The third-order valence-electron chi connectivity index (χ3n) is 4.57. The largest absolute Gasteiger partial charge is 0.492 e. The summed E-state index contributed by atoms with van der Waals surface area (Å²) in [5.74, 6) is 0.940. The molecule has 29 heavy (non-hydrogen) atoms. The molecule has 0 radical (unpaired) electrons. The molecule has 1 saturated heterocycles. The van der Waals surface area contributed by atoms with Crippen LogP contribution in [0.5, 0.6) is 5.75 Å². The molecule has 2 aromatic carbocycles. The predicted molar refractivity (Wildman–Crippen MR) is 115 cm³/mol. The molecule has 1 atom stereocenters. The first kappa shape index (κ1) is 19.3. The second kappa shape index (κ2) is 8.13. The van der Waals surface area contributed by atoms with Gasteiger partial charge in [0.1, 0.15) is 22.6 Å². The summed E-state index contributed by atoms with van der Waals surface area (Å²) in [5.41, 5.74) is 0.461. The number of benzene rings is 2. The molecule has 0 saturated carbocycles. The predicted octanol–water partition coefficient (Wildman–Crippen LogP) is 4.46. The van der Waals surface area contributed by atoms with Crippen LogP contribution in [0, 0.1) is 0 Å². The molecule has 3 aromatic rings. The Morgan fingerprint density at radius 1 is 1.24 bits per heavy atom. The maximum atomic E-state index is 13.3. The summed E-state index contributed by atoms with van der Waals surface area (Å²) in [6.45, 7) is 4.36. The topological polar surface area (TPSA) is 72.1 Å². The van der Waals surface area contributed by atoms with Crippen LogP contribution >= 0.6 is 11.8 Å². The Bertz CT molecular complexity index is 1150. The second-order valence-electron chi connectivity index (χ2n) is 6.62. The van der Waals surface area contributed by atoms with Gasteiger partial charge in [-0.3, -0.25) is 9.69 Å². The molecule has 0 bridgehead atoms. The molecule has 0 N–H and O–H groups in total. The Balaban J connectivity index is 1.74. The van der Waals surface area contributed by atoms with Crippen LogP contribution < -0.4 is 10.4 Å². The third-order valence-corrected chi connectivity index (χ3v) is 5.77. The van der Waals surface area contributed by atoms with Gasteiger partial charge in [0, 0.05) is 17.2 Å². The highest BCUT2D eigenvalue weighted by molar-refractivity contribution is 8.14. The number of aliphatic imine (C=N–C) groups is 1. The molecule has 6 nitrogen and oxygen atoms in total. The molecule has 1 fully saturated rings. The monoisotopic (exact) mass is 408 g/mol. The summed E-state index contributed by atoms with van der Waals surface area (Å²) in [6, 6.07) is 16.1. The SMILES string of the molecule is CCOc1ccccc1N=C1SC[C@@H](C)N1C(=O)c1cc2ccccc2oc1=O. The van der Waals surface area contributed by atoms with E-state index in [9.17, 15) is 9.59 Å². The van der Waals surface area contributed by atoms with E-state index in [2.05, 4.69) is 4.99 Å². The molecule has 0 spiro atoms. The maximum absolute atomic E-state index is 13.3. The Labute approximate surface area is 172 Å². The van der Waals surface area contributed by atoms with Crippen molar-refractivity contribution in [2.75, 3.05) is 12.4 Å². The molecule has 4 rings (SSSR count). The number of ether oxygens (including phenoxy) is 1. The number of para-hydroxylation sites is 3. The van der Waals surface area contributed by atoms with Gasteiger partial charge in [0.15, 0.2) is 5.17 Å². The molecule has 148 valence electrons. The Hall–Kier alpha value is -3.06. The Morgan fingerprint density at radius 3 is 2.83 bits per heavy atom. The number of thioether (sulfide) groups is 1. The lowest BCUT2D eigenvalue weighted by molar-refractivity contribution is 0.0824. The van der Waals surface area contributed by atoms with Crippen molar-refractivity contribution in [1.29, 1.82) is 0 Å². The summed E-state index contributed by atoms with van der Waals surface area (Å²) in [4.78, 5) is 32.0. The summed E-state index contributed by atoms with van der Waals surface area (Å²) in [6.07, 6.45) is 0. The zero-order valence-corrected chi connectivity index (χ0v) is 16.9. The second-order valence-corrected chi connectivity index (χ2v) is 7.60. The number of rotatable bonds is 4. The molecule has 7 heteroatoms. The van der Waals surface area contributed by atoms with Crippen LogP contribution in [0.2, 0.25) is 0 Å². The van der Waals surface area contributed by atoms with E-state index in [1.165, 1.54) is 11.8 Å². The molecule has 0 unspecified atom stereocenters. The fraction of sp³-hybridized carbons (Fsp3) is 0.227. The maximum Gasteiger partial charge on any atom is 0.349 e. The minimum Gasteiger partial charge on any atom is -0.492 e. The third kappa shape index (κ3) is 3.78. The van der Waals surface area contributed by atoms with Crippen molar-refractivity contribution in [1.82, 2.24) is 4.90 Å². The molecule has 2 heterocycles. The zero-order chi connectivity index (χ0) is 20.4. The van der Waals surface area contributed by atoms with Gasteiger partial charge < -0.3 is 9.15 Å². The summed E-state index contributed by atoms with van der Waals surface area (Å²) in [7, 11) is 0. The number of fused-ring (bicyclic) bond motifs is 1. The molecule has 1 amide bonds. The van der Waals surface area contributed by atoms with Gasteiger partial charge in [-0.15, -0.1) is 0 Å². The summed E-state index contributed by atoms with van der Waals surface area (Å²) >= 11 is 1.48. The minimum atomic E-state index is -0.646. The molecule has 1 aliphatic rings. The Morgan fingerprint density at radius 2 is 2.00 bits per heavy atom. The van der Waals surface area contributed by atoms with Crippen molar-refractivity contribution < 1.29 is 13.9 Å². The summed E-state index contributed by atoms with van der Waals surface area (Å²) < 4.78 is 11.0. The summed E-state index contributed by atoms with van der Waals surface area (Å²) in [5, 5.41) is 1.25. The minimum absolute atomic E-state index is 0.00356. The van der Waals surface area contributed by atoms with E-state index in [1.807, 2.05) is 50.2 Å². The lowest BCUT2D eigenvalue weighted by Gasteiger charge is -2.21. The standard InChI is InChI=1S/C22H20N2O4S/c1-3-27-19-11-7-5-9-17(19)23-22-24(14(2)13-29-22)20(25)16-12-15-8-4-6-10-18(15)28-21(16)26/h4-12,14H,3,13H2,1-2H3/t14-/m1/s1. The van der Waals surface area contributed by atoms with Crippen LogP contribution in [0.15, 0.2) is 68.8 Å². The fourth-order valence-electron chi connectivity index (χ4n) is 3.17. The van der Waals surface area contributed by atoms with Gasteiger partial charge in [0.2, 0.25) is 0 Å². The quantitative estimate of drug-likeness (QED) is 0.596. The van der Waals surface area contributed by atoms with Crippen molar-refractivity contribution in [2.24, 2.45) is 4.99 Å². The van der Waals surface area contributed by atoms with E-state index in [4.69, 9.17) is 9.15 Å². The number of nitrogens with zero attached hydrogens (tertiary/aromatic N) is 2. The highest BCUT2D eigenvalue weighted by Crippen LogP contribution is 2.33. The first-order valence-electron chi connectivity index (χ1n) is 9.38. The van der Waals surface area contributed by atoms with Crippen molar-refractivity contribution in [3.8, 4) is 5.75 Å². The molecular formula is C22H20N2O4S. The van der Waals surface area contributed by atoms with Crippen molar-refractivity contribution in [2.45, 2.75) is 19.9 Å². The van der Waals surface area contributed by atoms with Gasteiger partial charge in [-0.25, -0.2) is 9.79 Å². The van der Waals surface area contributed by atoms with E-state index in [0.717, 1.165) is 0 Å². The van der Waals surface area contributed by atoms with Gasteiger partial charge >= 0.3 is 5.63 Å². The Kier molecular flexibility index (Phi) is 5.40. The van der Waals surface area contributed by atoms with Gasteiger partial charge in [0.25, 0.3) is 5.91 Å². The van der Waals surface area contributed by atoms with Crippen LogP contribution in [0.25, 0.3) is 11.0 Å². The van der Waals surface area contributed by atoms with Gasteiger partial charge in [-0.2, -0.15) is 0 Å². The molecule has 0 aliphatic carbocycles. The van der Waals surface area contributed by atoms with Gasteiger partial charge in [-0.05, 0) is 38.1 Å². The number of carbonyl (C=O) groups excluding carboxylic acids is 1. The van der Waals surface area contributed by atoms with Crippen LogP contribution in [-0.2, 0) is 0 Å². The molecule has 1 aliphatic heterocycles. The lowest BCUT2D eigenvalue weighted by atomic mass is 10.1. The average Bonchev–Trinajstić information content (AvgIpc) is 3.08. The van der Waals surface area contributed by atoms with E-state index >= 15 is 0 Å². The number of hydrogen-bond acceptors (Lipinski definition) is 6. The highest BCUT2D eigenvalue weighted by atomic mass is 32.2. The highest BCUT2D eigenvalue weighted by Gasteiger charge is 2.34. The number of carbonyl (C=O) groups is 1. The number of hydrogen-bond donors (Lipinski definition) is 0. The molecular weight excluding hydrogens is 388 g/mol. The van der Waals surface area contributed by atoms with Crippen LogP contribution in [0.3, 0.4) is 0 Å². The van der Waals surface area contributed by atoms with Gasteiger partial charge in [-0.1, -0.05) is 42.1 Å². The van der Waals surface area contributed by atoms with E-state index < -0.39 is 11.5 Å². The normalized spacial score (nSPS) is 17.8. The average molecular weight is 408 g/mol. The number of amides is 1. The number of amidine groups is 1. The molecule has 1 aromatic heterocycles. The first-order valence-corrected chi connectivity index (χ1v) is 10.4. The smallest absolute Gasteiger partial charge is 0.349 e. The van der Waals surface area contributed by atoms with E-state index in [-0.39, 0.29) is 11.6 Å². The van der Waals surface area contributed by atoms with E-state index in [0.29, 0.717) is 39.9 Å².